The van der Waals surface area contributed by atoms with E-state index in [1.807, 2.05) is 42.5 Å². The van der Waals surface area contributed by atoms with Crippen molar-refractivity contribution in [3.8, 4) is 0 Å². The van der Waals surface area contributed by atoms with E-state index in [9.17, 15) is 0 Å². The van der Waals surface area contributed by atoms with Crippen molar-refractivity contribution >= 4 is 38.9 Å². The third-order valence-electron chi connectivity index (χ3n) is 3.99. The molecule has 0 bridgehead atoms. The van der Waals surface area contributed by atoms with Crippen molar-refractivity contribution in [2.24, 2.45) is 0 Å². The molecule has 3 aromatic rings. The first-order chi connectivity index (χ1) is 12.1. The zero-order valence-electron chi connectivity index (χ0n) is 13.9. The minimum absolute atomic E-state index is 0.00504. The van der Waals surface area contributed by atoms with Gasteiger partial charge in [-0.15, -0.1) is 0 Å². The molecule has 1 atom stereocenters. The Morgan fingerprint density at radius 1 is 0.920 bits per heavy atom. The summed E-state index contributed by atoms with van der Waals surface area (Å²) in [5.41, 5.74) is 4.57. The van der Waals surface area contributed by atoms with E-state index in [1.165, 1.54) is 16.7 Å². The highest BCUT2D eigenvalue weighted by Gasteiger charge is 2.16. The Morgan fingerprint density at radius 3 is 2.36 bits per heavy atom. The maximum Gasteiger partial charge on any atom is 0.171 e. The molecule has 25 heavy (non-hydrogen) atoms. The smallest absolute Gasteiger partial charge is 0.171 e. The van der Waals surface area contributed by atoms with E-state index in [1.54, 1.807) is 0 Å². The van der Waals surface area contributed by atoms with Gasteiger partial charge in [-0.2, -0.15) is 0 Å². The van der Waals surface area contributed by atoms with Gasteiger partial charge in [0.05, 0.1) is 6.04 Å². The Labute approximate surface area is 162 Å². The molecule has 1 unspecified atom stereocenters. The Kier molecular flexibility index (Phi) is 5.84. The number of nitrogens with one attached hydrogen (secondary N) is 2. The lowest BCUT2D eigenvalue weighted by molar-refractivity contribution is 0.762. The highest BCUT2D eigenvalue weighted by Crippen LogP contribution is 2.25. The third kappa shape index (κ3) is 4.68. The number of rotatable bonds is 4. The maximum absolute atomic E-state index is 5.56. The van der Waals surface area contributed by atoms with Crippen molar-refractivity contribution in [1.82, 2.24) is 5.32 Å². The lowest BCUT2D eigenvalue weighted by Gasteiger charge is -2.23. The van der Waals surface area contributed by atoms with Crippen LogP contribution in [-0.4, -0.2) is 5.11 Å². The van der Waals surface area contributed by atoms with Crippen LogP contribution in [0.5, 0.6) is 0 Å². The van der Waals surface area contributed by atoms with E-state index in [4.69, 9.17) is 12.2 Å². The van der Waals surface area contributed by atoms with E-state index in [2.05, 4.69) is 69.9 Å². The van der Waals surface area contributed by atoms with Crippen LogP contribution < -0.4 is 10.6 Å². The van der Waals surface area contributed by atoms with Gasteiger partial charge in [0.2, 0.25) is 0 Å². The normalized spacial score (nSPS) is 11.6. The molecule has 0 amide bonds. The summed E-state index contributed by atoms with van der Waals surface area (Å²) in [5.74, 6) is 0. The zero-order valence-corrected chi connectivity index (χ0v) is 16.3. The Morgan fingerprint density at radius 2 is 1.64 bits per heavy atom. The molecule has 0 fully saturated rings. The molecule has 0 heterocycles. The molecular formula is C21H19BrN2S. The lowest BCUT2D eigenvalue weighted by atomic mass is 9.95. The van der Waals surface area contributed by atoms with Gasteiger partial charge < -0.3 is 10.6 Å². The first-order valence-corrected chi connectivity index (χ1v) is 9.27. The van der Waals surface area contributed by atoms with Crippen molar-refractivity contribution in [3.63, 3.8) is 0 Å². The van der Waals surface area contributed by atoms with Crippen molar-refractivity contribution in [1.29, 1.82) is 0 Å². The molecule has 3 rings (SSSR count). The second-order valence-corrected chi connectivity index (χ2v) is 7.13. The predicted octanol–water partition coefficient (Wildman–Crippen LogP) is 5.83. The first-order valence-electron chi connectivity index (χ1n) is 8.07. The molecule has 0 aliphatic rings. The van der Waals surface area contributed by atoms with E-state index in [0.29, 0.717) is 5.11 Å². The minimum atomic E-state index is -0.00504. The molecule has 2 N–H and O–H groups in total. The fraction of sp³-hybridized carbons (Fsp3) is 0.0952. The summed E-state index contributed by atoms with van der Waals surface area (Å²) in [6.07, 6.45) is 0. The Hall–Kier alpha value is -2.17. The van der Waals surface area contributed by atoms with Gasteiger partial charge in [0, 0.05) is 10.2 Å². The van der Waals surface area contributed by atoms with Gasteiger partial charge in [-0.05, 0) is 54.0 Å². The summed E-state index contributed by atoms with van der Waals surface area (Å²) < 4.78 is 1.01. The van der Waals surface area contributed by atoms with Crippen LogP contribution in [0.25, 0.3) is 0 Å². The minimum Gasteiger partial charge on any atom is -0.352 e. The molecule has 0 radical (unpaired) electrons. The fourth-order valence-corrected chi connectivity index (χ4v) is 3.40. The number of benzene rings is 3. The second kappa shape index (κ2) is 8.28. The van der Waals surface area contributed by atoms with Gasteiger partial charge in [-0.25, -0.2) is 0 Å². The Balaban J connectivity index is 1.85. The van der Waals surface area contributed by atoms with Gasteiger partial charge in [-0.1, -0.05) is 76.6 Å². The summed E-state index contributed by atoms with van der Waals surface area (Å²) >= 11 is 9.04. The SMILES string of the molecule is Cc1ccccc1C(NC(=S)Nc1cccc(Br)c1)c1ccccc1. The van der Waals surface area contributed by atoms with Crippen LogP contribution in [-0.2, 0) is 0 Å². The number of thiocarbonyl (C=S) groups is 1. The van der Waals surface area contributed by atoms with E-state index in [0.717, 1.165) is 10.2 Å². The fourth-order valence-electron chi connectivity index (χ4n) is 2.76. The van der Waals surface area contributed by atoms with Gasteiger partial charge in [-0.3, -0.25) is 0 Å². The molecule has 0 aromatic heterocycles. The molecule has 0 aliphatic carbocycles. The first kappa shape index (κ1) is 17.6. The summed E-state index contributed by atoms with van der Waals surface area (Å²) in [5, 5.41) is 7.32. The summed E-state index contributed by atoms with van der Waals surface area (Å²) in [6.45, 7) is 2.12. The van der Waals surface area contributed by atoms with Crippen molar-refractivity contribution in [2.75, 3.05) is 5.32 Å². The summed E-state index contributed by atoms with van der Waals surface area (Å²) in [7, 11) is 0. The third-order valence-corrected chi connectivity index (χ3v) is 4.70. The molecule has 126 valence electrons. The number of hydrogen-bond donors (Lipinski definition) is 2. The quantitative estimate of drug-likeness (QED) is 0.528. The van der Waals surface area contributed by atoms with Crippen LogP contribution in [0.2, 0.25) is 0 Å². The monoisotopic (exact) mass is 410 g/mol. The van der Waals surface area contributed by atoms with Gasteiger partial charge in [0.15, 0.2) is 5.11 Å². The molecule has 2 nitrogen and oxygen atoms in total. The van der Waals surface area contributed by atoms with Crippen LogP contribution in [0.3, 0.4) is 0 Å². The molecule has 0 saturated heterocycles. The molecular weight excluding hydrogens is 392 g/mol. The predicted molar refractivity (Wildman–Crippen MR) is 113 cm³/mol. The van der Waals surface area contributed by atoms with E-state index < -0.39 is 0 Å². The van der Waals surface area contributed by atoms with Crippen LogP contribution in [0.4, 0.5) is 5.69 Å². The van der Waals surface area contributed by atoms with Gasteiger partial charge >= 0.3 is 0 Å². The van der Waals surface area contributed by atoms with E-state index >= 15 is 0 Å². The van der Waals surface area contributed by atoms with Crippen molar-refractivity contribution in [2.45, 2.75) is 13.0 Å². The zero-order chi connectivity index (χ0) is 17.6. The largest absolute Gasteiger partial charge is 0.352 e. The summed E-state index contributed by atoms with van der Waals surface area (Å²) in [6, 6.07) is 26.7. The number of halogens is 1. The highest BCUT2D eigenvalue weighted by atomic mass is 79.9. The maximum atomic E-state index is 5.56. The van der Waals surface area contributed by atoms with Crippen LogP contribution in [0.1, 0.15) is 22.7 Å². The molecule has 4 heteroatoms. The van der Waals surface area contributed by atoms with Crippen LogP contribution in [0.15, 0.2) is 83.3 Å². The topological polar surface area (TPSA) is 24.1 Å². The number of hydrogen-bond acceptors (Lipinski definition) is 1. The molecule has 0 saturated carbocycles. The van der Waals surface area contributed by atoms with E-state index in [-0.39, 0.29) is 6.04 Å². The van der Waals surface area contributed by atoms with Crippen LogP contribution >= 0.6 is 28.1 Å². The van der Waals surface area contributed by atoms with Crippen molar-refractivity contribution in [3.05, 3.63) is 100 Å². The van der Waals surface area contributed by atoms with Gasteiger partial charge in [0.25, 0.3) is 0 Å². The van der Waals surface area contributed by atoms with Crippen LogP contribution in [0, 0.1) is 6.92 Å². The molecule has 0 aliphatic heterocycles. The lowest BCUT2D eigenvalue weighted by Crippen LogP contribution is -2.33. The van der Waals surface area contributed by atoms with Crippen molar-refractivity contribution < 1.29 is 0 Å². The van der Waals surface area contributed by atoms with Gasteiger partial charge in [0.1, 0.15) is 0 Å². The second-order valence-electron chi connectivity index (χ2n) is 5.81. The highest BCUT2D eigenvalue weighted by molar-refractivity contribution is 9.10. The average molecular weight is 411 g/mol. The average Bonchev–Trinajstić information content (AvgIpc) is 2.61. The summed E-state index contributed by atoms with van der Waals surface area (Å²) in [4.78, 5) is 0. The Bertz CT molecular complexity index is 865. The number of anilines is 1. The molecule has 3 aromatic carbocycles. The molecule has 0 spiro atoms. The number of aryl methyl sites for hydroxylation is 1. The standard InChI is InChI=1S/C21H19BrN2S/c1-15-8-5-6-13-19(15)20(16-9-3-2-4-10-16)24-21(25)23-18-12-7-11-17(22)14-18/h2-14,20H,1H3,(H2,23,24,25).